The number of hydrogen-bond acceptors (Lipinski definition) is 4. The molecule has 2 aromatic rings. The summed E-state index contributed by atoms with van der Waals surface area (Å²) in [6, 6.07) is 6.70. The van der Waals surface area contributed by atoms with Crippen LogP contribution in [0.2, 0.25) is 5.02 Å². The average molecular weight is 309 g/mol. The molecule has 0 aliphatic heterocycles. The zero-order valence-electron chi connectivity index (χ0n) is 10.9. The second kappa shape index (κ2) is 6.32. The maximum absolute atomic E-state index is 12.7. The van der Waals surface area contributed by atoms with Crippen molar-refractivity contribution < 1.29 is 18.7 Å². The van der Waals surface area contributed by atoms with Crippen molar-refractivity contribution in [1.29, 1.82) is 0 Å². The number of ether oxygens (including phenoxy) is 1. The number of halogens is 2. The minimum atomic E-state index is -0.690. The molecule has 0 bridgehead atoms. The quantitative estimate of drug-likeness (QED) is 0.699. The van der Waals surface area contributed by atoms with Crippen LogP contribution in [0.5, 0.6) is 0 Å². The SMILES string of the molecule is COC(=O)c1ccc(Cl)cc1NC(=O)c1ccc(F)nc1. The highest BCUT2D eigenvalue weighted by Gasteiger charge is 2.15. The number of carbonyl (C=O) groups excluding carboxylic acids is 2. The number of amides is 1. The van der Waals surface area contributed by atoms with Crippen molar-refractivity contribution in [3.05, 3.63) is 58.6 Å². The second-order valence-electron chi connectivity index (χ2n) is 4.01. The van der Waals surface area contributed by atoms with Crippen LogP contribution in [-0.2, 0) is 4.74 Å². The Kier molecular flexibility index (Phi) is 4.49. The standard InChI is InChI=1S/C14H10ClFN2O3/c1-21-14(20)10-4-3-9(15)6-11(10)18-13(19)8-2-5-12(16)17-7-8/h2-7H,1H3,(H,18,19). The minimum Gasteiger partial charge on any atom is -0.465 e. The fourth-order valence-electron chi connectivity index (χ4n) is 1.61. The highest BCUT2D eigenvalue weighted by Crippen LogP contribution is 2.22. The molecule has 1 aromatic carbocycles. The number of methoxy groups -OCH3 is 1. The van der Waals surface area contributed by atoms with Gasteiger partial charge < -0.3 is 10.1 Å². The van der Waals surface area contributed by atoms with Gasteiger partial charge in [-0.15, -0.1) is 0 Å². The molecule has 1 aromatic heterocycles. The molecule has 1 N–H and O–H groups in total. The maximum Gasteiger partial charge on any atom is 0.339 e. The number of nitrogens with zero attached hydrogens (tertiary/aromatic N) is 1. The van der Waals surface area contributed by atoms with Crippen LogP contribution in [0.15, 0.2) is 36.5 Å². The Labute approximate surface area is 124 Å². The van der Waals surface area contributed by atoms with Crippen LogP contribution in [-0.4, -0.2) is 24.0 Å². The lowest BCUT2D eigenvalue weighted by Crippen LogP contribution is -2.15. The van der Waals surface area contributed by atoms with Crippen LogP contribution in [0.25, 0.3) is 0 Å². The molecule has 0 aliphatic carbocycles. The lowest BCUT2D eigenvalue weighted by molar-refractivity contribution is 0.0602. The van der Waals surface area contributed by atoms with Gasteiger partial charge in [0.25, 0.3) is 5.91 Å². The fraction of sp³-hybridized carbons (Fsp3) is 0.0714. The molecule has 0 aliphatic rings. The monoisotopic (exact) mass is 308 g/mol. The first-order chi connectivity index (χ1) is 10.0. The van der Waals surface area contributed by atoms with Gasteiger partial charge in [0, 0.05) is 11.2 Å². The number of esters is 1. The highest BCUT2D eigenvalue weighted by molar-refractivity contribution is 6.31. The van der Waals surface area contributed by atoms with E-state index in [0.29, 0.717) is 5.02 Å². The van der Waals surface area contributed by atoms with Crippen LogP contribution in [0.4, 0.5) is 10.1 Å². The summed E-state index contributed by atoms with van der Waals surface area (Å²) in [6.07, 6.45) is 1.09. The minimum absolute atomic E-state index is 0.146. The Morgan fingerprint density at radius 1 is 1.29 bits per heavy atom. The van der Waals surface area contributed by atoms with Crippen LogP contribution >= 0.6 is 11.6 Å². The Morgan fingerprint density at radius 2 is 2.05 bits per heavy atom. The number of rotatable bonds is 3. The van der Waals surface area contributed by atoms with E-state index in [1.54, 1.807) is 0 Å². The van der Waals surface area contributed by atoms with Gasteiger partial charge in [-0.25, -0.2) is 9.78 Å². The lowest BCUT2D eigenvalue weighted by Gasteiger charge is -2.10. The molecule has 0 radical (unpaired) electrons. The molecule has 0 saturated carbocycles. The molecule has 5 nitrogen and oxygen atoms in total. The highest BCUT2D eigenvalue weighted by atomic mass is 35.5. The van der Waals surface area contributed by atoms with Gasteiger partial charge in [-0.05, 0) is 30.3 Å². The first-order valence-corrected chi connectivity index (χ1v) is 6.20. The summed E-state index contributed by atoms with van der Waals surface area (Å²) in [7, 11) is 1.23. The molecule has 0 fully saturated rings. The Balaban J connectivity index is 2.30. The number of anilines is 1. The molecule has 2 rings (SSSR count). The van der Waals surface area contributed by atoms with Crippen LogP contribution in [0.1, 0.15) is 20.7 Å². The molecule has 108 valence electrons. The van der Waals surface area contributed by atoms with Gasteiger partial charge in [-0.1, -0.05) is 11.6 Å². The summed E-state index contributed by atoms with van der Waals surface area (Å²) in [5, 5.41) is 2.86. The number of hydrogen-bond donors (Lipinski definition) is 1. The summed E-state index contributed by atoms with van der Waals surface area (Å²) in [4.78, 5) is 27.0. The van der Waals surface area contributed by atoms with Gasteiger partial charge in [0.1, 0.15) is 0 Å². The molecule has 0 saturated heterocycles. The van der Waals surface area contributed by atoms with Crippen molar-refractivity contribution in [2.24, 2.45) is 0 Å². The molecule has 0 spiro atoms. The van der Waals surface area contributed by atoms with Crippen molar-refractivity contribution in [1.82, 2.24) is 4.98 Å². The normalized spacial score (nSPS) is 10.0. The Morgan fingerprint density at radius 3 is 2.67 bits per heavy atom. The van der Waals surface area contributed by atoms with Crippen molar-refractivity contribution in [2.45, 2.75) is 0 Å². The predicted octanol–water partition coefficient (Wildman–Crippen LogP) is 2.91. The number of pyridine rings is 1. The maximum atomic E-state index is 12.7. The molecule has 0 unspecified atom stereocenters. The third-order valence-electron chi connectivity index (χ3n) is 2.62. The number of carbonyl (C=O) groups is 2. The molecule has 1 amide bonds. The van der Waals surface area contributed by atoms with Crippen molar-refractivity contribution in [3.63, 3.8) is 0 Å². The molecular weight excluding hydrogens is 299 g/mol. The topological polar surface area (TPSA) is 68.3 Å². The molecule has 1 heterocycles. The van der Waals surface area contributed by atoms with Crippen LogP contribution < -0.4 is 5.32 Å². The van der Waals surface area contributed by atoms with E-state index in [9.17, 15) is 14.0 Å². The molecule has 7 heteroatoms. The van der Waals surface area contributed by atoms with Crippen LogP contribution in [0, 0.1) is 5.95 Å². The van der Waals surface area contributed by atoms with Gasteiger partial charge in [-0.2, -0.15) is 4.39 Å². The Bertz CT molecular complexity index is 689. The van der Waals surface area contributed by atoms with E-state index in [1.807, 2.05) is 0 Å². The first kappa shape index (κ1) is 14.9. The largest absolute Gasteiger partial charge is 0.465 e. The van der Waals surface area contributed by atoms with E-state index in [0.717, 1.165) is 12.3 Å². The summed E-state index contributed by atoms with van der Waals surface area (Å²) < 4.78 is 17.3. The predicted molar refractivity (Wildman–Crippen MR) is 74.9 cm³/mol. The van der Waals surface area contributed by atoms with Gasteiger partial charge in [0.05, 0.1) is 23.9 Å². The molecule has 0 atom stereocenters. The number of aromatic nitrogens is 1. The van der Waals surface area contributed by atoms with Gasteiger partial charge >= 0.3 is 5.97 Å². The van der Waals surface area contributed by atoms with E-state index in [1.165, 1.54) is 31.4 Å². The van der Waals surface area contributed by atoms with Gasteiger partial charge in [0.15, 0.2) is 0 Å². The van der Waals surface area contributed by atoms with Gasteiger partial charge in [0.2, 0.25) is 5.95 Å². The van der Waals surface area contributed by atoms with Crippen molar-refractivity contribution in [2.75, 3.05) is 12.4 Å². The Hall–Kier alpha value is -2.47. The van der Waals surface area contributed by atoms with Gasteiger partial charge in [-0.3, -0.25) is 4.79 Å². The smallest absolute Gasteiger partial charge is 0.339 e. The zero-order valence-corrected chi connectivity index (χ0v) is 11.6. The van der Waals surface area contributed by atoms with E-state index >= 15 is 0 Å². The zero-order chi connectivity index (χ0) is 15.4. The van der Waals surface area contributed by atoms with E-state index < -0.39 is 17.8 Å². The summed E-state index contributed by atoms with van der Waals surface area (Å²) in [6.45, 7) is 0. The number of benzene rings is 1. The average Bonchev–Trinajstić information content (AvgIpc) is 2.47. The molecule has 21 heavy (non-hydrogen) atoms. The second-order valence-corrected chi connectivity index (χ2v) is 4.44. The van der Waals surface area contributed by atoms with Crippen LogP contribution in [0.3, 0.4) is 0 Å². The fourth-order valence-corrected chi connectivity index (χ4v) is 1.78. The first-order valence-electron chi connectivity index (χ1n) is 5.82. The summed E-state index contributed by atoms with van der Waals surface area (Å²) in [5.41, 5.74) is 0.501. The third kappa shape index (κ3) is 3.55. The van der Waals surface area contributed by atoms with E-state index in [2.05, 4.69) is 15.0 Å². The third-order valence-corrected chi connectivity index (χ3v) is 2.86. The summed E-state index contributed by atoms with van der Waals surface area (Å²) >= 11 is 5.85. The van der Waals surface area contributed by atoms with E-state index in [-0.39, 0.29) is 16.8 Å². The number of nitrogens with one attached hydrogen (secondary N) is 1. The lowest BCUT2D eigenvalue weighted by atomic mass is 10.1. The van der Waals surface area contributed by atoms with Crippen molar-refractivity contribution in [3.8, 4) is 0 Å². The van der Waals surface area contributed by atoms with E-state index in [4.69, 9.17) is 11.6 Å². The molecular formula is C14H10ClFN2O3. The van der Waals surface area contributed by atoms with Crippen molar-refractivity contribution >= 4 is 29.2 Å². The summed E-state index contributed by atoms with van der Waals surface area (Å²) in [5.74, 6) is -1.85.